The number of thioether (sulfide) groups is 1. The highest BCUT2D eigenvalue weighted by Crippen LogP contribution is 2.28. The summed E-state index contributed by atoms with van der Waals surface area (Å²) in [5, 5.41) is 46.9. The Hall–Kier alpha value is -13.5. The minimum Gasteiger partial charge on any atom is -0.497 e. The number of primary amides is 2. The smallest absolute Gasteiger partial charge is 0.246 e. The highest BCUT2D eigenvalue weighted by Gasteiger charge is 2.44. The van der Waals surface area contributed by atoms with Crippen LogP contribution in [0.5, 0.6) is 5.75 Å². The van der Waals surface area contributed by atoms with Gasteiger partial charge in [-0.1, -0.05) is 109 Å². The summed E-state index contributed by atoms with van der Waals surface area (Å²) < 4.78 is 5.45. The number of aromatic amines is 3. The summed E-state index contributed by atoms with van der Waals surface area (Å²) in [6, 6.07) is 2.59. The van der Waals surface area contributed by atoms with Crippen molar-refractivity contribution in [3.8, 4) is 5.75 Å². The number of nitrogens with two attached hydrogens (primary N) is 3. The minimum atomic E-state index is -1.81. The fourth-order valence-corrected chi connectivity index (χ4v) is 17.1. The third-order valence-corrected chi connectivity index (χ3v) is 24.7. The van der Waals surface area contributed by atoms with E-state index in [2.05, 4.69) is 73.1 Å². The number of para-hydroxylation sites is 2. The van der Waals surface area contributed by atoms with E-state index in [9.17, 15) is 62.6 Å². The lowest BCUT2D eigenvalue weighted by Gasteiger charge is -2.36. The van der Waals surface area contributed by atoms with Crippen molar-refractivity contribution in [3.63, 3.8) is 0 Å². The van der Waals surface area contributed by atoms with Gasteiger partial charge in [-0.05, 0) is 105 Å². The Morgan fingerprint density at radius 3 is 1.79 bits per heavy atom. The second-order valence-electron chi connectivity index (χ2n) is 34.3. The molecule has 6 aromatic rings. The highest BCUT2D eigenvalue weighted by molar-refractivity contribution is 8.00. The van der Waals surface area contributed by atoms with Crippen LogP contribution in [-0.2, 0) is 107 Å². The number of aliphatic hydroxyl groups excluding tert-OH is 1. The minimum absolute atomic E-state index is 0. The number of likely N-dealkylation sites (N-methyl/N-ethyl adjacent to an activating group) is 4. The molecule has 21 N–H and O–H groups in total. The fraction of sp³-hybridized carbons (Fsp3) is 0.533. The van der Waals surface area contributed by atoms with Gasteiger partial charge in [0.2, 0.25) is 94.5 Å². The molecule has 3 aromatic carbocycles. The standard InChI is InChI=1S/C91H129N23O19S.CH4/c1-11-13-29-72-84(126)103-64(28-20-32-97-91(94)95)81(123)109-71(80(122)100-45-76(93)118)48-134-49-77(119)102-67(36-53-22-19-23-59(35-53)133-10)87(129)111(7)52(5)78(120)105-69(41-75(92)117)89(131)114-33-21-31-73(114)85(127)104-65(40-57-44-96-50-101-57)82(124)106-66(34-51(3)4)86(128)110(6)46-58(116)38-54(37-55-42-98-62-26-17-15-24-60(55)62)79(121)108-70(47-115)83(125)107-68(39-56-43-99-63-27-18-16-25-61(56)63)88(130)113(9)74(30-14-12-2)90(132)112(72)8;/h15-19,22-27,35,42-44,50-52,54,64-74,98-99,115H,11-14,20-21,28-34,36-41,45-49H2,1-10H3,(H2,92,117)(H2,93,118)(H,96,101)(H,100,122)(H,102,119)(H,103,126)(H,104,127)(H,105,120)(H,106,124)(H,107,125)(H,108,121)(H,109,123)(H4,94,95,97);1H4/t52-,54+,64-,65-,66-,67-,68-,69-,70-,71-,72-,73-,74-;/m0./s1. The Bertz CT molecular complexity index is 5140. The fourth-order valence-electron chi connectivity index (χ4n) is 16.2. The van der Waals surface area contributed by atoms with Crippen LogP contribution in [0, 0.1) is 17.2 Å². The van der Waals surface area contributed by atoms with Gasteiger partial charge in [0.15, 0.2) is 11.7 Å². The Morgan fingerprint density at radius 1 is 0.593 bits per heavy atom. The topological polar surface area (TPSA) is 618 Å². The van der Waals surface area contributed by atoms with Crippen molar-refractivity contribution in [1.82, 2.24) is 97.6 Å². The van der Waals surface area contributed by atoms with Crippen LogP contribution in [0.2, 0.25) is 0 Å². The molecule has 16 amide bonds. The van der Waals surface area contributed by atoms with Gasteiger partial charge >= 0.3 is 0 Å². The molecular weight excluding hydrogens is 1760 g/mol. The monoisotopic (exact) mass is 1900 g/mol. The SMILES string of the molecule is C.CCCC[C@H]1C(=O)N(C)[C@@H](CCCC)C(=O)N[C@@H](CCCNC(=N)N)C(=O)N[C@H](C(=O)NCC(N)=O)CSCC(=O)N[C@@H](Cc2cccc(OC)c2)C(=O)N(C)[C@@H](C)C(=O)N[C@@H](CC(N)=O)C(=O)N2CCC[C@H]2C(=O)N[C@@H](Cc2cnc[nH]2)C(=O)N[C@@H](CC(C)C)C(=O)N(C)CC(=O)C[C@@H](Cc2c[nH]c3ccccc23)C(=O)N[C@@H](CO)C(=O)N[C@@H](Cc2c[nH]c3ccccc23)C(=O)N1C. The number of aliphatic hydroxyl groups is 1. The van der Waals surface area contributed by atoms with Crippen LogP contribution in [0.3, 0.4) is 0 Å². The molecule has 43 heteroatoms. The number of fused-ring (bicyclic) bond motifs is 3. The lowest BCUT2D eigenvalue weighted by atomic mass is 9.92. The summed E-state index contributed by atoms with van der Waals surface area (Å²) in [5.41, 5.74) is 20.1. The van der Waals surface area contributed by atoms with Crippen molar-refractivity contribution in [3.05, 3.63) is 120 Å². The molecule has 736 valence electrons. The predicted octanol–water partition coefficient (Wildman–Crippen LogP) is -0.403. The number of methoxy groups -OCH3 is 1. The third-order valence-electron chi connectivity index (χ3n) is 23.7. The van der Waals surface area contributed by atoms with Gasteiger partial charge in [0.1, 0.15) is 78.3 Å². The van der Waals surface area contributed by atoms with E-state index in [1.165, 1.54) is 54.7 Å². The average Bonchev–Trinajstić information content (AvgIpc) is 1.76. The zero-order valence-electron chi connectivity index (χ0n) is 77.4. The summed E-state index contributed by atoms with van der Waals surface area (Å²) in [4.78, 5) is 268. The second kappa shape index (κ2) is 52.8. The number of rotatable bonds is 27. The van der Waals surface area contributed by atoms with Gasteiger partial charge in [-0.25, -0.2) is 4.98 Å². The average molecular weight is 1900 g/mol. The quantitative estimate of drug-likeness (QED) is 0.0177. The zero-order valence-corrected chi connectivity index (χ0v) is 78.2. The molecule has 0 aliphatic carbocycles. The molecule has 2 aliphatic heterocycles. The molecule has 42 nitrogen and oxygen atoms in total. The summed E-state index contributed by atoms with van der Waals surface area (Å²) in [6.07, 6.45) is 5.53. The number of guanidine groups is 1. The number of aromatic nitrogens is 4. The van der Waals surface area contributed by atoms with E-state index < -0.39 is 229 Å². The Kier molecular flexibility index (Phi) is 42.5. The number of carbonyl (C=O) groups is 17. The Morgan fingerprint density at radius 2 is 1.18 bits per heavy atom. The number of ketones is 1. The van der Waals surface area contributed by atoms with E-state index in [1.807, 2.05) is 13.8 Å². The van der Waals surface area contributed by atoms with Crippen LogP contribution >= 0.6 is 11.8 Å². The highest BCUT2D eigenvalue weighted by atomic mass is 32.2. The van der Waals surface area contributed by atoms with Crippen molar-refractivity contribution in [1.29, 1.82) is 5.41 Å². The maximum Gasteiger partial charge on any atom is 0.246 e. The van der Waals surface area contributed by atoms with Gasteiger partial charge in [-0.3, -0.25) is 86.9 Å². The molecule has 135 heavy (non-hydrogen) atoms. The number of hydrogen-bond acceptors (Lipinski definition) is 22. The largest absolute Gasteiger partial charge is 0.497 e. The number of nitrogens with one attached hydrogen (secondary N) is 14. The molecule has 0 spiro atoms. The van der Waals surface area contributed by atoms with Crippen LogP contribution in [0.25, 0.3) is 21.8 Å². The molecule has 5 heterocycles. The molecule has 8 rings (SSSR count). The van der Waals surface area contributed by atoms with Crippen molar-refractivity contribution in [2.45, 2.75) is 224 Å². The summed E-state index contributed by atoms with van der Waals surface area (Å²) in [7, 11) is 6.70. The molecule has 0 unspecified atom stereocenters. The summed E-state index contributed by atoms with van der Waals surface area (Å²) in [5.74, 6) is -17.8. The predicted molar refractivity (Wildman–Crippen MR) is 504 cm³/mol. The second-order valence-corrected chi connectivity index (χ2v) is 35.4. The first-order chi connectivity index (χ1) is 63.8. The van der Waals surface area contributed by atoms with Crippen LogP contribution in [0.1, 0.15) is 148 Å². The molecule has 13 atom stereocenters. The third kappa shape index (κ3) is 31.6. The lowest BCUT2D eigenvalue weighted by Crippen LogP contribution is -2.61. The van der Waals surface area contributed by atoms with Crippen molar-refractivity contribution < 1.29 is 91.4 Å². The maximum atomic E-state index is 15.7. The molecule has 0 saturated carbocycles. The van der Waals surface area contributed by atoms with Crippen LogP contribution in [0.15, 0.2) is 97.7 Å². The Labute approximate surface area is 788 Å². The van der Waals surface area contributed by atoms with E-state index >= 15 is 24.0 Å². The van der Waals surface area contributed by atoms with Crippen molar-refractivity contribution in [2.75, 3.05) is 79.6 Å². The van der Waals surface area contributed by atoms with Gasteiger partial charge in [-0.2, -0.15) is 0 Å². The zero-order chi connectivity index (χ0) is 98.2. The number of amides is 16. The van der Waals surface area contributed by atoms with Gasteiger partial charge < -0.3 is 120 Å². The number of nitrogens with zero attached hydrogens (tertiary/aromatic N) is 6. The molecule has 2 saturated heterocycles. The number of imidazole rings is 1. The van der Waals surface area contributed by atoms with E-state index in [1.54, 1.807) is 99.0 Å². The van der Waals surface area contributed by atoms with Crippen molar-refractivity contribution >= 4 is 140 Å². The van der Waals surface area contributed by atoms with E-state index in [0.29, 0.717) is 75.6 Å². The van der Waals surface area contributed by atoms with Gasteiger partial charge in [0, 0.05) is 125 Å². The Balaban J connectivity index is 0.0000249. The first-order valence-corrected chi connectivity index (χ1v) is 46.1. The first kappa shape index (κ1) is 109. The van der Waals surface area contributed by atoms with Gasteiger partial charge in [0.05, 0.1) is 45.3 Å². The summed E-state index contributed by atoms with van der Waals surface area (Å²) in [6.45, 7) is 6.06. The van der Waals surface area contributed by atoms with Gasteiger partial charge in [0.25, 0.3) is 0 Å². The number of H-pyrrole nitrogens is 3. The molecule has 2 aliphatic rings. The van der Waals surface area contributed by atoms with Gasteiger partial charge in [-0.15, -0.1) is 11.8 Å². The van der Waals surface area contributed by atoms with E-state index in [0.717, 1.165) is 36.3 Å². The van der Waals surface area contributed by atoms with E-state index in [-0.39, 0.29) is 97.1 Å². The number of unbranched alkanes of at least 4 members (excludes halogenated alkanes) is 2. The normalized spacial score (nSPS) is 23.2. The summed E-state index contributed by atoms with van der Waals surface area (Å²) >= 11 is 0.783. The number of hydrogen-bond donors (Lipinski definition) is 18. The molecule has 2 fully saturated rings. The number of benzene rings is 3. The molecule has 0 bridgehead atoms. The molecular formula is C92H133N23O19S. The maximum absolute atomic E-state index is 15.7. The van der Waals surface area contributed by atoms with Crippen LogP contribution < -0.4 is 75.1 Å². The van der Waals surface area contributed by atoms with Crippen molar-refractivity contribution in [2.24, 2.45) is 29.0 Å². The number of Topliss-reactive ketones (excluding diaryl/α,β-unsaturated/α-hetero) is 1. The van der Waals surface area contributed by atoms with E-state index in [4.69, 9.17) is 27.3 Å². The van der Waals surface area contributed by atoms with Crippen LogP contribution in [0.4, 0.5) is 0 Å². The van der Waals surface area contributed by atoms with Crippen LogP contribution in [-0.4, -0.2) is 308 Å². The lowest BCUT2D eigenvalue weighted by molar-refractivity contribution is -0.149. The number of ether oxygens (including phenoxy) is 1. The first-order valence-electron chi connectivity index (χ1n) is 45.0. The molecule has 0 radical (unpaired) electrons. The molecule has 3 aromatic heterocycles. The number of carbonyl (C=O) groups excluding carboxylic acids is 17.